The number of hydrogen-bond acceptors (Lipinski definition) is 9. The van der Waals surface area contributed by atoms with Gasteiger partial charge in [-0.3, -0.25) is 4.79 Å². The van der Waals surface area contributed by atoms with Crippen molar-refractivity contribution in [2.24, 2.45) is 0 Å². The third kappa shape index (κ3) is 29.4. The van der Waals surface area contributed by atoms with Crippen molar-refractivity contribution in [2.45, 2.75) is 218 Å². The highest BCUT2D eigenvalue weighted by Gasteiger charge is 2.44. The maximum Gasteiger partial charge on any atom is 0.306 e. The summed E-state index contributed by atoms with van der Waals surface area (Å²) in [6.07, 6.45) is 39.9. The van der Waals surface area contributed by atoms with Gasteiger partial charge in [-0.05, 0) is 51.4 Å². The van der Waals surface area contributed by atoms with Crippen LogP contribution in [-0.2, 0) is 23.7 Å². The van der Waals surface area contributed by atoms with E-state index in [9.17, 15) is 25.2 Å². The van der Waals surface area contributed by atoms with Gasteiger partial charge in [0.2, 0.25) is 0 Å². The van der Waals surface area contributed by atoms with Gasteiger partial charge in [0.1, 0.15) is 30.5 Å². The molecule has 0 aromatic carbocycles. The van der Waals surface area contributed by atoms with E-state index in [1.165, 1.54) is 89.9 Å². The van der Waals surface area contributed by atoms with E-state index in [2.05, 4.69) is 62.5 Å². The Morgan fingerprint density at radius 1 is 0.589 bits per heavy atom. The van der Waals surface area contributed by atoms with E-state index in [0.29, 0.717) is 13.0 Å². The van der Waals surface area contributed by atoms with Crippen LogP contribution in [0.3, 0.4) is 0 Å². The third-order valence-corrected chi connectivity index (χ3v) is 10.3. The smallest absolute Gasteiger partial charge is 0.306 e. The Labute approximate surface area is 342 Å². The Kier molecular flexibility index (Phi) is 36.0. The molecule has 56 heavy (non-hydrogen) atoms. The van der Waals surface area contributed by atoms with Crippen molar-refractivity contribution in [3.63, 3.8) is 0 Å². The van der Waals surface area contributed by atoms with Gasteiger partial charge in [0, 0.05) is 13.0 Å². The van der Waals surface area contributed by atoms with Crippen LogP contribution < -0.4 is 0 Å². The van der Waals surface area contributed by atoms with E-state index in [1.54, 1.807) is 0 Å². The first-order valence-electron chi connectivity index (χ1n) is 22.7. The van der Waals surface area contributed by atoms with Crippen LogP contribution in [-0.4, -0.2) is 89.6 Å². The molecule has 326 valence electrons. The molecule has 0 bridgehead atoms. The summed E-state index contributed by atoms with van der Waals surface area (Å²) in [5, 5.41) is 40.1. The van der Waals surface area contributed by atoms with E-state index in [0.717, 1.165) is 70.6 Å². The average molecular weight is 793 g/mol. The van der Waals surface area contributed by atoms with Crippen LogP contribution in [0.1, 0.15) is 181 Å². The predicted octanol–water partition coefficient (Wildman–Crippen LogP) is 10.1. The van der Waals surface area contributed by atoms with E-state index in [4.69, 9.17) is 18.9 Å². The number of carbonyl (C=O) groups excluding carboxylic acids is 1. The summed E-state index contributed by atoms with van der Waals surface area (Å²) >= 11 is 0. The molecule has 4 N–H and O–H groups in total. The quantitative estimate of drug-likeness (QED) is 0.0274. The largest absolute Gasteiger partial charge is 0.457 e. The van der Waals surface area contributed by atoms with Gasteiger partial charge >= 0.3 is 5.97 Å². The molecule has 0 amide bonds. The standard InChI is InChI=1S/C47H84O9/c1-3-5-7-9-11-13-15-17-19-21-22-24-26-28-30-32-34-36-43(49)55-41(40-54-47-46(52)45(51)44(50)42(38-48)56-47)39-53-37-35-33-31-29-27-25-23-20-18-16-14-12-10-8-6-4-2/h5,7,11,13,17,19,22,24,41-42,44-48,50-52H,3-4,6,8-10,12,14-16,18,20-21,23,25-40H2,1-2H3/b7-5-,13-11-,19-17-,24-22-. The van der Waals surface area contributed by atoms with E-state index in [-0.39, 0.29) is 19.2 Å². The minimum atomic E-state index is -1.54. The third-order valence-electron chi connectivity index (χ3n) is 10.3. The lowest BCUT2D eigenvalue weighted by atomic mass is 9.99. The number of rotatable bonds is 38. The highest BCUT2D eigenvalue weighted by molar-refractivity contribution is 5.69. The minimum Gasteiger partial charge on any atom is -0.457 e. The maximum atomic E-state index is 12.8. The lowest BCUT2D eigenvalue weighted by Crippen LogP contribution is -2.59. The molecule has 9 heteroatoms. The molecule has 0 aliphatic carbocycles. The molecular formula is C47H84O9. The SMILES string of the molecule is CC/C=C\C/C=C\C/C=C\C/C=C\CCCCCCC(=O)OC(COCCCCCCCCCCCCCCCCCC)COC1OC(CO)C(O)C(O)C1O. The van der Waals surface area contributed by atoms with E-state index >= 15 is 0 Å². The first-order chi connectivity index (χ1) is 27.4. The number of carbonyl (C=O) groups is 1. The van der Waals surface area contributed by atoms with Gasteiger partial charge in [0.05, 0.1) is 19.8 Å². The van der Waals surface area contributed by atoms with Gasteiger partial charge in [-0.15, -0.1) is 0 Å². The second-order valence-corrected chi connectivity index (χ2v) is 15.5. The summed E-state index contributed by atoms with van der Waals surface area (Å²) in [5.41, 5.74) is 0. The van der Waals surface area contributed by atoms with Crippen molar-refractivity contribution in [1.82, 2.24) is 0 Å². The lowest BCUT2D eigenvalue weighted by Gasteiger charge is -2.39. The molecule has 1 fully saturated rings. The average Bonchev–Trinajstić information content (AvgIpc) is 3.20. The van der Waals surface area contributed by atoms with Gasteiger partial charge in [0.15, 0.2) is 6.29 Å². The molecule has 1 aliphatic rings. The van der Waals surface area contributed by atoms with Crippen LogP contribution >= 0.6 is 0 Å². The first-order valence-corrected chi connectivity index (χ1v) is 22.7. The number of unbranched alkanes of at least 4 members (excludes halogenated alkanes) is 19. The van der Waals surface area contributed by atoms with Crippen LogP contribution in [0.5, 0.6) is 0 Å². The number of esters is 1. The summed E-state index contributed by atoms with van der Waals surface area (Å²) in [6, 6.07) is 0. The fraction of sp³-hybridized carbons (Fsp3) is 0.809. The maximum absolute atomic E-state index is 12.8. The van der Waals surface area contributed by atoms with Gasteiger partial charge in [-0.2, -0.15) is 0 Å². The van der Waals surface area contributed by atoms with Crippen LogP contribution in [0, 0.1) is 0 Å². The Balaban J connectivity index is 2.28. The van der Waals surface area contributed by atoms with Crippen LogP contribution in [0.25, 0.3) is 0 Å². The number of ether oxygens (including phenoxy) is 4. The molecule has 6 atom stereocenters. The molecule has 0 radical (unpaired) electrons. The molecule has 0 aromatic heterocycles. The molecule has 1 rings (SSSR count). The van der Waals surface area contributed by atoms with Crippen molar-refractivity contribution in [3.05, 3.63) is 48.6 Å². The fourth-order valence-corrected chi connectivity index (χ4v) is 6.72. The summed E-state index contributed by atoms with van der Waals surface area (Å²) < 4.78 is 22.8. The molecule has 0 aromatic rings. The van der Waals surface area contributed by atoms with Crippen LogP contribution in [0.15, 0.2) is 48.6 Å². The molecule has 1 saturated heterocycles. The van der Waals surface area contributed by atoms with Gasteiger partial charge in [0.25, 0.3) is 0 Å². The Hall–Kier alpha value is -1.85. The lowest BCUT2D eigenvalue weighted by molar-refractivity contribution is -0.305. The molecule has 9 nitrogen and oxygen atoms in total. The number of hydrogen-bond donors (Lipinski definition) is 4. The van der Waals surface area contributed by atoms with Crippen molar-refractivity contribution < 1.29 is 44.2 Å². The monoisotopic (exact) mass is 793 g/mol. The summed E-state index contributed by atoms with van der Waals surface area (Å²) in [4.78, 5) is 12.8. The molecule has 1 aliphatic heterocycles. The fourth-order valence-electron chi connectivity index (χ4n) is 6.72. The molecule has 0 spiro atoms. The zero-order valence-corrected chi connectivity index (χ0v) is 35.6. The molecule has 6 unspecified atom stereocenters. The summed E-state index contributed by atoms with van der Waals surface area (Å²) in [5.74, 6) is -0.336. The molecular weight excluding hydrogens is 709 g/mol. The Morgan fingerprint density at radius 2 is 1.09 bits per heavy atom. The Morgan fingerprint density at radius 3 is 1.64 bits per heavy atom. The first kappa shape index (κ1) is 52.2. The number of aliphatic hydroxyl groups is 4. The van der Waals surface area contributed by atoms with Crippen LogP contribution in [0.2, 0.25) is 0 Å². The van der Waals surface area contributed by atoms with Crippen LogP contribution in [0.4, 0.5) is 0 Å². The van der Waals surface area contributed by atoms with Gasteiger partial charge in [-0.25, -0.2) is 0 Å². The number of aliphatic hydroxyl groups excluding tert-OH is 4. The highest BCUT2D eigenvalue weighted by Crippen LogP contribution is 2.22. The predicted molar refractivity (Wildman–Crippen MR) is 228 cm³/mol. The zero-order valence-electron chi connectivity index (χ0n) is 35.6. The number of allylic oxidation sites excluding steroid dienone is 8. The minimum absolute atomic E-state index is 0.123. The van der Waals surface area contributed by atoms with Crippen molar-refractivity contribution in [3.8, 4) is 0 Å². The zero-order chi connectivity index (χ0) is 40.7. The Bertz CT molecular complexity index is 994. The second kappa shape index (κ2) is 38.7. The summed E-state index contributed by atoms with van der Waals surface area (Å²) in [6.45, 7) is 4.43. The topological polar surface area (TPSA) is 135 Å². The molecule has 0 saturated carbocycles. The second-order valence-electron chi connectivity index (χ2n) is 15.5. The van der Waals surface area contributed by atoms with E-state index in [1.807, 2.05) is 0 Å². The van der Waals surface area contributed by atoms with E-state index < -0.39 is 43.4 Å². The van der Waals surface area contributed by atoms with Crippen molar-refractivity contribution in [1.29, 1.82) is 0 Å². The molecule has 1 heterocycles. The van der Waals surface area contributed by atoms with Gasteiger partial charge < -0.3 is 39.4 Å². The highest BCUT2D eigenvalue weighted by atomic mass is 16.7. The van der Waals surface area contributed by atoms with Crippen molar-refractivity contribution in [2.75, 3.05) is 26.4 Å². The summed E-state index contributed by atoms with van der Waals surface area (Å²) in [7, 11) is 0. The van der Waals surface area contributed by atoms with Gasteiger partial charge in [-0.1, -0.05) is 172 Å². The normalized spacial score (nSPS) is 21.0. The van der Waals surface area contributed by atoms with Crippen molar-refractivity contribution >= 4 is 5.97 Å².